The van der Waals surface area contributed by atoms with E-state index in [2.05, 4.69) is 11.0 Å². The normalized spacial score (nSPS) is 26.4. The van der Waals surface area contributed by atoms with Gasteiger partial charge in [-0.2, -0.15) is 5.26 Å². The summed E-state index contributed by atoms with van der Waals surface area (Å²) in [4.78, 5) is 13.1. The molecule has 1 rings (SSSR count). The highest BCUT2D eigenvalue weighted by Gasteiger charge is 2.33. The van der Waals surface area contributed by atoms with Crippen LogP contribution in [0.5, 0.6) is 0 Å². The zero-order valence-electron chi connectivity index (χ0n) is 9.15. The Morgan fingerprint density at radius 2 is 2.27 bits per heavy atom. The Bertz CT molecular complexity index is 260. The van der Waals surface area contributed by atoms with Gasteiger partial charge in [-0.25, -0.2) is 0 Å². The summed E-state index contributed by atoms with van der Waals surface area (Å²) in [5.41, 5.74) is 0. The number of nitrogens with zero attached hydrogens (tertiary/aromatic N) is 2. The molecule has 0 aromatic carbocycles. The molecule has 4 heteroatoms. The Labute approximate surface area is 90.5 Å². The first kappa shape index (κ1) is 12.0. The zero-order valence-corrected chi connectivity index (χ0v) is 9.15. The van der Waals surface area contributed by atoms with Crippen LogP contribution in [0.2, 0.25) is 0 Å². The predicted molar refractivity (Wildman–Crippen MR) is 56.2 cm³/mol. The van der Waals surface area contributed by atoms with Crippen LogP contribution in [-0.2, 0) is 4.79 Å². The zero-order chi connectivity index (χ0) is 11.3. The van der Waals surface area contributed by atoms with E-state index in [1.54, 1.807) is 0 Å². The molecule has 0 aromatic heterocycles. The maximum atomic E-state index is 10.9. The number of rotatable bonds is 5. The van der Waals surface area contributed by atoms with Crippen molar-refractivity contribution in [2.75, 3.05) is 19.6 Å². The average molecular weight is 210 g/mol. The van der Waals surface area contributed by atoms with Crippen LogP contribution in [0.1, 0.15) is 26.2 Å². The fourth-order valence-electron chi connectivity index (χ4n) is 2.11. The second kappa shape index (κ2) is 5.72. The average Bonchev–Trinajstić information content (AvgIpc) is 2.55. The number of carboxylic acid groups (broad SMARTS) is 1. The van der Waals surface area contributed by atoms with Crippen molar-refractivity contribution in [3.8, 4) is 6.07 Å². The molecule has 0 unspecified atom stereocenters. The third kappa shape index (κ3) is 3.52. The quantitative estimate of drug-likeness (QED) is 0.695. The van der Waals surface area contributed by atoms with Crippen LogP contribution >= 0.6 is 0 Å². The van der Waals surface area contributed by atoms with Gasteiger partial charge in [0.25, 0.3) is 0 Å². The monoisotopic (exact) mass is 210 g/mol. The van der Waals surface area contributed by atoms with E-state index in [9.17, 15) is 4.79 Å². The fraction of sp³-hybridized carbons (Fsp3) is 0.818. The summed E-state index contributed by atoms with van der Waals surface area (Å²) in [5.74, 6) is -0.638. The number of likely N-dealkylation sites (tertiary alicyclic amines) is 1. The summed E-state index contributed by atoms with van der Waals surface area (Å²) in [6, 6.07) is 2.12. The summed E-state index contributed by atoms with van der Waals surface area (Å²) in [6.45, 7) is 4.47. The van der Waals surface area contributed by atoms with Crippen molar-refractivity contribution >= 4 is 5.97 Å². The Balaban J connectivity index is 2.23. The lowest BCUT2D eigenvalue weighted by atomic mass is 9.99. The molecule has 1 saturated heterocycles. The van der Waals surface area contributed by atoms with Crippen LogP contribution in [0.4, 0.5) is 0 Å². The molecular formula is C11H18N2O2. The van der Waals surface area contributed by atoms with Crippen LogP contribution < -0.4 is 0 Å². The lowest BCUT2D eigenvalue weighted by molar-refractivity contribution is -0.142. The van der Waals surface area contributed by atoms with Gasteiger partial charge < -0.3 is 10.0 Å². The minimum atomic E-state index is -0.679. The van der Waals surface area contributed by atoms with Crippen molar-refractivity contribution in [1.29, 1.82) is 5.26 Å². The minimum Gasteiger partial charge on any atom is -0.481 e. The standard InChI is InChI=1S/C11H18N2O2/c1-9-7-13(6-4-2-3-5-12)8-10(9)11(14)15/h9-10H,2-4,6-8H2,1H3,(H,14,15)/t9-,10-/m1/s1. The van der Waals surface area contributed by atoms with E-state index in [1.165, 1.54) is 0 Å². The molecule has 0 aromatic rings. The van der Waals surface area contributed by atoms with Crippen molar-refractivity contribution in [2.45, 2.75) is 26.2 Å². The van der Waals surface area contributed by atoms with Gasteiger partial charge in [-0.3, -0.25) is 4.79 Å². The molecule has 15 heavy (non-hydrogen) atoms. The van der Waals surface area contributed by atoms with Gasteiger partial charge in [0.05, 0.1) is 12.0 Å². The molecular weight excluding hydrogens is 192 g/mol. The molecule has 0 aliphatic carbocycles. The van der Waals surface area contributed by atoms with Crippen molar-refractivity contribution in [1.82, 2.24) is 4.90 Å². The molecule has 0 spiro atoms. The largest absolute Gasteiger partial charge is 0.481 e. The summed E-state index contributed by atoms with van der Waals surface area (Å²) in [6.07, 6.45) is 2.51. The highest BCUT2D eigenvalue weighted by Crippen LogP contribution is 2.23. The first-order valence-electron chi connectivity index (χ1n) is 5.47. The summed E-state index contributed by atoms with van der Waals surface area (Å²) < 4.78 is 0. The third-order valence-corrected chi connectivity index (χ3v) is 3.02. The first-order valence-corrected chi connectivity index (χ1v) is 5.47. The lowest BCUT2D eigenvalue weighted by Gasteiger charge is -2.14. The van der Waals surface area contributed by atoms with Crippen molar-refractivity contribution in [3.63, 3.8) is 0 Å². The van der Waals surface area contributed by atoms with Gasteiger partial charge in [0.15, 0.2) is 0 Å². The number of aliphatic carboxylic acids is 1. The summed E-state index contributed by atoms with van der Waals surface area (Å²) >= 11 is 0. The number of hydrogen-bond donors (Lipinski definition) is 1. The van der Waals surface area contributed by atoms with Crippen molar-refractivity contribution in [3.05, 3.63) is 0 Å². The second-order valence-corrected chi connectivity index (χ2v) is 4.30. The van der Waals surface area contributed by atoms with Crippen LogP contribution in [0.15, 0.2) is 0 Å². The van der Waals surface area contributed by atoms with Gasteiger partial charge >= 0.3 is 5.97 Å². The molecule has 4 nitrogen and oxygen atoms in total. The lowest BCUT2D eigenvalue weighted by Crippen LogP contribution is -2.24. The highest BCUT2D eigenvalue weighted by molar-refractivity contribution is 5.71. The van der Waals surface area contributed by atoms with Gasteiger partial charge in [-0.15, -0.1) is 0 Å². The smallest absolute Gasteiger partial charge is 0.308 e. The van der Waals surface area contributed by atoms with Gasteiger partial charge in [0.1, 0.15) is 0 Å². The number of hydrogen-bond acceptors (Lipinski definition) is 3. The van der Waals surface area contributed by atoms with E-state index in [1.807, 2.05) is 6.92 Å². The van der Waals surface area contributed by atoms with E-state index < -0.39 is 5.97 Å². The Morgan fingerprint density at radius 3 is 2.80 bits per heavy atom. The van der Waals surface area contributed by atoms with E-state index in [-0.39, 0.29) is 11.8 Å². The molecule has 2 atom stereocenters. The van der Waals surface area contributed by atoms with Crippen LogP contribution in [-0.4, -0.2) is 35.6 Å². The fourth-order valence-corrected chi connectivity index (χ4v) is 2.11. The Morgan fingerprint density at radius 1 is 1.53 bits per heavy atom. The molecule has 0 amide bonds. The predicted octanol–water partition coefficient (Wildman–Crippen LogP) is 1.33. The minimum absolute atomic E-state index is 0.207. The molecule has 1 aliphatic heterocycles. The number of carbonyl (C=O) groups is 1. The van der Waals surface area contributed by atoms with E-state index in [0.717, 1.165) is 25.9 Å². The van der Waals surface area contributed by atoms with Crippen LogP contribution in [0.3, 0.4) is 0 Å². The SMILES string of the molecule is C[C@@H]1CN(CCCCC#N)C[C@H]1C(=O)O. The van der Waals surface area contributed by atoms with E-state index in [4.69, 9.17) is 10.4 Å². The molecule has 1 aliphatic rings. The maximum absolute atomic E-state index is 10.9. The highest BCUT2D eigenvalue weighted by atomic mass is 16.4. The topological polar surface area (TPSA) is 64.3 Å². The van der Waals surface area contributed by atoms with Crippen molar-refractivity contribution < 1.29 is 9.90 Å². The van der Waals surface area contributed by atoms with E-state index in [0.29, 0.717) is 13.0 Å². The number of nitriles is 1. The molecule has 1 fully saturated rings. The molecule has 0 bridgehead atoms. The molecule has 84 valence electrons. The molecule has 0 radical (unpaired) electrons. The molecule has 0 saturated carbocycles. The van der Waals surface area contributed by atoms with Gasteiger partial charge in [0, 0.05) is 19.5 Å². The van der Waals surface area contributed by atoms with Gasteiger partial charge in [-0.05, 0) is 25.3 Å². The Hall–Kier alpha value is -1.08. The van der Waals surface area contributed by atoms with Crippen LogP contribution in [0.25, 0.3) is 0 Å². The van der Waals surface area contributed by atoms with Crippen molar-refractivity contribution in [2.24, 2.45) is 11.8 Å². The third-order valence-electron chi connectivity index (χ3n) is 3.02. The Kier molecular flexibility index (Phi) is 4.57. The second-order valence-electron chi connectivity index (χ2n) is 4.30. The molecule has 1 heterocycles. The van der Waals surface area contributed by atoms with E-state index >= 15 is 0 Å². The number of unbranched alkanes of at least 4 members (excludes halogenated alkanes) is 2. The van der Waals surface area contributed by atoms with Gasteiger partial charge in [-0.1, -0.05) is 6.92 Å². The molecule has 1 N–H and O–H groups in total. The number of carboxylic acids is 1. The maximum Gasteiger partial charge on any atom is 0.308 e. The summed E-state index contributed by atoms with van der Waals surface area (Å²) in [7, 11) is 0. The van der Waals surface area contributed by atoms with Gasteiger partial charge in [0.2, 0.25) is 0 Å². The first-order chi connectivity index (χ1) is 7.15. The van der Waals surface area contributed by atoms with Crippen LogP contribution in [0, 0.1) is 23.2 Å². The summed E-state index contributed by atoms with van der Waals surface area (Å²) in [5, 5.41) is 17.3.